The second kappa shape index (κ2) is 4.94. The van der Waals surface area contributed by atoms with Gasteiger partial charge in [-0.1, -0.05) is 29.8 Å². The van der Waals surface area contributed by atoms with E-state index < -0.39 is 0 Å². The first-order valence-electron chi connectivity index (χ1n) is 5.03. The number of benzene rings is 1. The Bertz CT molecular complexity index is 449. The van der Waals surface area contributed by atoms with E-state index in [1.165, 1.54) is 0 Å². The lowest BCUT2D eigenvalue weighted by Crippen LogP contribution is -2.24. The van der Waals surface area contributed by atoms with Gasteiger partial charge in [0.05, 0.1) is 5.71 Å². The number of nitrogens with one attached hydrogen (secondary N) is 1. The highest BCUT2D eigenvalue weighted by molar-refractivity contribution is 6.30. The van der Waals surface area contributed by atoms with Crippen LogP contribution in [-0.2, 0) is 4.79 Å². The average molecular weight is 235 g/mol. The summed E-state index contributed by atoms with van der Waals surface area (Å²) >= 11 is 5.78. The van der Waals surface area contributed by atoms with E-state index in [4.69, 9.17) is 11.6 Å². The lowest BCUT2D eigenvalue weighted by Gasteiger charge is -2.07. The Labute approximate surface area is 98.8 Å². The Morgan fingerprint density at radius 1 is 1.19 bits per heavy atom. The predicted molar refractivity (Wildman–Crippen MR) is 65.3 cm³/mol. The van der Waals surface area contributed by atoms with Gasteiger partial charge in [0.25, 0.3) is 0 Å². The van der Waals surface area contributed by atoms with Gasteiger partial charge in [-0.05, 0) is 23.8 Å². The van der Waals surface area contributed by atoms with Crippen molar-refractivity contribution in [1.29, 1.82) is 0 Å². The van der Waals surface area contributed by atoms with E-state index in [0.29, 0.717) is 12.8 Å². The number of halogens is 1. The third-order valence-corrected chi connectivity index (χ3v) is 2.52. The zero-order chi connectivity index (χ0) is 11.4. The number of hydrogen-bond donors (Lipinski definition) is 1. The summed E-state index contributed by atoms with van der Waals surface area (Å²) in [6, 6.07) is 7.54. The lowest BCUT2D eigenvalue weighted by molar-refractivity contribution is -0.121. The summed E-state index contributed by atoms with van der Waals surface area (Å²) in [6.07, 6.45) is 5.05. The molecule has 0 bridgehead atoms. The molecule has 2 rings (SSSR count). The first-order valence-corrected chi connectivity index (χ1v) is 5.41. The molecule has 0 saturated carbocycles. The molecule has 16 heavy (non-hydrogen) atoms. The molecule has 0 spiro atoms. The van der Waals surface area contributed by atoms with E-state index in [0.717, 1.165) is 16.3 Å². The molecule has 1 N–H and O–H groups in total. The topological polar surface area (TPSA) is 41.5 Å². The minimum Gasteiger partial charge on any atom is -0.273 e. The first kappa shape index (κ1) is 10.9. The van der Waals surface area contributed by atoms with Crippen molar-refractivity contribution in [2.75, 3.05) is 0 Å². The van der Waals surface area contributed by atoms with Crippen LogP contribution in [-0.4, -0.2) is 11.6 Å². The van der Waals surface area contributed by atoms with Gasteiger partial charge < -0.3 is 0 Å². The number of carbonyl (C=O) groups is 1. The van der Waals surface area contributed by atoms with Crippen LogP contribution < -0.4 is 5.43 Å². The lowest BCUT2D eigenvalue weighted by atomic mass is 10.1. The van der Waals surface area contributed by atoms with E-state index >= 15 is 0 Å². The summed E-state index contributed by atoms with van der Waals surface area (Å²) in [4.78, 5) is 10.9. The fourth-order valence-electron chi connectivity index (χ4n) is 1.37. The maximum atomic E-state index is 10.9. The van der Waals surface area contributed by atoms with Crippen LogP contribution in [0.3, 0.4) is 0 Å². The zero-order valence-electron chi connectivity index (χ0n) is 8.61. The fourth-order valence-corrected chi connectivity index (χ4v) is 1.50. The quantitative estimate of drug-likeness (QED) is 0.840. The predicted octanol–water partition coefficient (Wildman–Crippen LogP) is 2.62. The standard InChI is InChI=1S/C12H11ClN2O/c13-10-4-1-9(2-5-10)3-6-11-7-8-12(16)15-14-11/h1-6H,7-8H2,(H,15,16). The number of hydrogen-bond acceptors (Lipinski definition) is 2. The van der Waals surface area contributed by atoms with Crippen LogP contribution in [0, 0.1) is 0 Å². The molecule has 1 aromatic carbocycles. The molecule has 82 valence electrons. The van der Waals surface area contributed by atoms with Crippen molar-refractivity contribution in [3.63, 3.8) is 0 Å². The Balaban J connectivity index is 2.04. The Morgan fingerprint density at radius 3 is 2.56 bits per heavy atom. The smallest absolute Gasteiger partial charge is 0.240 e. The molecular formula is C12H11ClN2O. The number of amides is 1. The second-order valence-corrected chi connectivity index (χ2v) is 3.96. The van der Waals surface area contributed by atoms with Crippen molar-refractivity contribution in [2.24, 2.45) is 5.10 Å². The highest BCUT2D eigenvalue weighted by Crippen LogP contribution is 2.11. The number of hydrazone groups is 1. The van der Waals surface area contributed by atoms with Crippen LogP contribution in [0.25, 0.3) is 6.08 Å². The Kier molecular flexibility index (Phi) is 3.37. The second-order valence-electron chi connectivity index (χ2n) is 3.52. The van der Waals surface area contributed by atoms with Gasteiger partial charge in [0.15, 0.2) is 0 Å². The van der Waals surface area contributed by atoms with E-state index in [9.17, 15) is 4.79 Å². The van der Waals surface area contributed by atoms with Crippen LogP contribution in [0.2, 0.25) is 5.02 Å². The fraction of sp³-hybridized carbons (Fsp3) is 0.167. The van der Waals surface area contributed by atoms with Crippen LogP contribution >= 0.6 is 11.6 Å². The normalized spacial score (nSPS) is 16.1. The first-order chi connectivity index (χ1) is 7.74. The maximum absolute atomic E-state index is 10.9. The summed E-state index contributed by atoms with van der Waals surface area (Å²) < 4.78 is 0. The number of rotatable bonds is 2. The molecule has 0 aliphatic carbocycles. The highest BCUT2D eigenvalue weighted by Gasteiger charge is 2.08. The minimum absolute atomic E-state index is 0.0244. The van der Waals surface area contributed by atoms with Gasteiger partial charge in [0.2, 0.25) is 5.91 Å². The van der Waals surface area contributed by atoms with E-state index in [-0.39, 0.29) is 5.91 Å². The largest absolute Gasteiger partial charge is 0.273 e. The van der Waals surface area contributed by atoms with Crippen LogP contribution in [0.4, 0.5) is 0 Å². The third-order valence-electron chi connectivity index (χ3n) is 2.27. The van der Waals surface area contributed by atoms with E-state index in [2.05, 4.69) is 10.5 Å². The summed E-state index contributed by atoms with van der Waals surface area (Å²) in [5.41, 5.74) is 4.40. The van der Waals surface area contributed by atoms with Crippen molar-refractivity contribution in [1.82, 2.24) is 5.43 Å². The average Bonchev–Trinajstić information content (AvgIpc) is 2.30. The van der Waals surface area contributed by atoms with Crippen LogP contribution in [0.15, 0.2) is 35.4 Å². The van der Waals surface area contributed by atoms with Gasteiger partial charge in [-0.15, -0.1) is 0 Å². The molecule has 4 heteroatoms. The molecule has 0 aromatic heterocycles. The summed E-state index contributed by atoms with van der Waals surface area (Å²) in [7, 11) is 0. The molecule has 1 aliphatic heterocycles. The van der Waals surface area contributed by atoms with Crippen LogP contribution in [0.5, 0.6) is 0 Å². The van der Waals surface area contributed by atoms with E-state index in [1.807, 2.05) is 36.4 Å². The molecule has 1 heterocycles. The van der Waals surface area contributed by atoms with Crippen molar-refractivity contribution >= 4 is 29.3 Å². The van der Waals surface area contributed by atoms with Gasteiger partial charge in [-0.2, -0.15) is 5.10 Å². The van der Waals surface area contributed by atoms with Gasteiger partial charge in [-0.3, -0.25) is 4.79 Å². The van der Waals surface area contributed by atoms with Crippen molar-refractivity contribution < 1.29 is 4.79 Å². The van der Waals surface area contributed by atoms with Gasteiger partial charge in [0.1, 0.15) is 0 Å². The maximum Gasteiger partial charge on any atom is 0.240 e. The minimum atomic E-state index is -0.0244. The SMILES string of the molecule is O=C1CCC(C=Cc2ccc(Cl)cc2)=NN1. The number of carbonyl (C=O) groups excluding carboxylic acids is 1. The van der Waals surface area contributed by atoms with E-state index in [1.54, 1.807) is 0 Å². The van der Waals surface area contributed by atoms with Gasteiger partial charge in [0, 0.05) is 17.9 Å². The molecule has 1 amide bonds. The molecule has 0 unspecified atom stereocenters. The summed E-state index contributed by atoms with van der Waals surface area (Å²) in [6.45, 7) is 0. The van der Waals surface area contributed by atoms with Crippen molar-refractivity contribution in [2.45, 2.75) is 12.8 Å². The van der Waals surface area contributed by atoms with Crippen LogP contribution in [0.1, 0.15) is 18.4 Å². The molecule has 3 nitrogen and oxygen atoms in total. The summed E-state index contributed by atoms with van der Waals surface area (Å²) in [5.74, 6) is -0.0244. The molecule has 0 radical (unpaired) electrons. The Hall–Kier alpha value is -1.61. The summed E-state index contributed by atoms with van der Waals surface area (Å²) in [5, 5.41) is 4.67. The molecule has 0 fully saturated rings. The van der Waals surface area contributed by atoms with Gasteiger partial charge in [-0.25, -0.2) is 5.43 Å². The van der Waals surface area contributed by atoms with Gasteiger partial charge >= 0.3 is 0 Å². The number of allylic oxidation sites excluding steroid dienone is 1. The molecular weight excluding hydrogens is 224 g/mol. The Morgan fingerprint density at radius 2 is 1.94 bits per heavy atom. The highest BCUT2D eigenvalue weighted by atomic mass is 35.5. The molecule has 0 saturated heterocycles. The monoisotopic (exact) mass is 234 g/mol. The van der Waals surface area contributed by atoms with Crippen molar-refractivity contribution in [3.05, 3.63) is 40.9 Å². The molecule has 1 aromatic rings. The molecule has 1 aliphatic rings. The molecule has 0 atom stereocenters. The third kappa shape index (κ3) is 2.94. The van der Waals surface area contributed by atoms with Crippen molar-refractivity contribution in [3.8, 4) is 0 Å². The zero-order valence-corrected chi connectivity index (χ0v) is 9.37. The number of nitrogens with zero attached hydrogens (tertiary/aromatic N) is 1.